The number of benzene rings is 1. The van der Waals surface area contributed by atoms with Gasteiger partial charge in [0.25, 0.3) is 0 Å². The van der Waals surface area contributed by atoms with E-state index in [9.17, 15) is 14.4 Å². The van der Waals surface area contributed by atoms with Crippen molar-refractivity contribution in [3.8, 4) is 11.8 Å². The summed E-state index contributed by atoms with van der Waals surface area (Å²) in [6.07, 6.45) is 0.911. The molecule has 0 aliphatic rings. The first-order valence-corrected chi connectivity index (χ1v) is 7.43. The molecule has 24 heavy (non-hydrogen) atoms. The topological polar surface area (TPSA) is 111 Å². The van der Waals surface area contributed by atoms with Gasteiger partial charge in [0.2, 0.25) is 11.8 Å². The maximum Gasteiger partial charge on any atom is 0.339 e. The quantitative estimate of drug-likeness (QED) is 0.523. The molecule has 1 rings (SSSR count). The average molecular weight is 331 g/mol. The van der Waals surface area contributed by atoms with Crippen LogP contribution in [0, 0.1) is 11.8 Å². The summed E-state index contributed by atoms with van der Waals surface area (Å²) in [4.78, 5) is 34.4. The summed E-state index contributed by atoms with van der Waals surface area (Å²) in [5.74, 6) is 4.66. The molecule has 0 bridgehead atoms. The van der Waals surface area contributed by atoms with Gasteiger partial charge in [-0.2, -0.15) is 0 Å². The second kappa shape index (κ2) is 10.0. The number of nitrogens with one attached hydrogen (secondary N) is 2. The Kier molecular flexibility index (Phi) is 8.02. The van der Waals surface area contributed by atoms with E-state index in [1.165, 1.54) is 20.1 Å². The molecular formula is C17H21N3O4. The van der Waals surface area contributed by atoms with Crippen LogP contribution in [0.3, 0.4) is 0 Å². The minimum Gasteiger partial charge on any atom is -0.465 e. The van der Waals surface area contributed by atoms with Crippen LogP contribution in [0.2, 0.25) is 0 Å². The van der Waals surface area contributed by atoms with E-state index in [0.29, 0.717) is 30.6 Å². The Morgan fingerprint density at radius 1 is 1.29 bits per heavy atom. The number of esters is 1. The van der Waals surface area contributed by atoms with E-state index in [4.69, 9.17) is 10.5 Å². The Bertz CT molecular complexity index is 674. The lowest BCUT2D eigenvalue weighted by Gasteiger charge is -2.08. The van der Waals surface area contributed by atoms with Crippen molar-refractivity contribution < 1.29 is 19.1 Å². The van der Waals surface area contributed by atoms with Crippen molar-refractivity contribution in [1.82, 2.24) is 5.32 Å². The van der Waals surface area contributed by atoms with Crippen LogP contribution in [-0.2, 0) is 14.3 Å². The largest absolute Gasteiger partial charge is 0.465 e. The first kappa shape index (κ1) is 19.2. The summed E-state index contributed by atoms with van der Waals surface area (Å²) in [5.41, 5.74) is 6.59. The number of carbonyl (C=O) groups is 3. The van der Waals surface area contributed by atoms with E-state index in [1.807, 2.05) is 0 Å². The molecule has 128 valence electrons. The van der Waals surface area contributed by atoms with Gasteiger partial charge < -0.3 is 21.1 Å². The molecule has 1 aromatic rings. The average Bonchev–Trinajstić information content (AvgIpc) is 2.56. The van der Waals surface area contributed by atoms with Crippen LogP contribution in [-0.4, -0.2) is 38.0 Å². The zero-order chi connectivity index (χ0) is 17.9. The molecule has 7 nitrogen and oxygen atoms in total. The zero-order valence-electron chi connectivity index (χ0n) is 13.8. The lowest BCUT2D eigenvalue weighted by molar-refractivity contribution is -0.118. The van der Waals surface area contributed by atoms with Crippen LogP contribution in [0.5, 0.6) is 0 Å². The number of methoxy groups -OCH3 is 1. The Morgan fingerprint density at radius 2 is 2.04 bits per heavy atom. The van der Waals surface area contributed by atoms with E-state index in [2.05, 4.69) is 22.5 Å². The van der Waals surface area contributed by atoms with Crippen LogP contribution < -0.4 is 16.4 Å². The number of hydrogen-bond donors (Lipinski definition) is 3. The molecule has 0 unspecified atom stereocenters. The van der Waals surface area contributed by atoms with Crippen LogP contribution in [0.1, 0.15) is 35.7 Å². The summed E-state index contributed by atoms with van der Waals surface area (Å²) in [7, 11) is 1.28. The van der Waals surface area contributed by atoms with E-state index in [-0.39, 0.29) is 23.9 Å². The second-order valence-electron chi connectivity index (χ2n) is 4.90. The van der Waals surface area contributed by atoms with Crippen molar-refractivity contribution in [2.45, 2.75) is 19.8 Å². The van der Waals surface area contributed by atoms with Crippen molar-refractivity contribution in [3.05, 3.63) is 29.3 Å². The predicted molar refractivity (Wildman–Crippen MR) is 90.3 cm³/mol. The summed E-state index contributed by atoms with van der Waals surface area (Å²) >= 11 is 0. The Balaban J connectivity index is 2.97. The van der Waals surface area contributed by atoms with E-state index in [0.717, 1.165) is 0 Å². The molecule has 4 N–H and O–H groups in total. The number of carbonyl (C=O) groups excluding carboxylic acids is 3. The summed E-state index contributed by atoms with van der Waals surface area (Å²) < 4.78 is 4.72. The SMILES string of the molecule is COC(=O)c1ccc(NC(=O)CCCN)cc1C#CCNC(C)=O. The molecule has 0 saturated heterocycles. The standard InChI is InChI=1S/C17H21N3O4/c1-12(21)19-10-4-5-13-11-14(20-16(22)6-3-9-18)7-8-15(13)17(23)24-2/h7-8,11H,3,6,9-10,18H2,1-2H3,(H,19,21)(H,20,22). The van der Waals surface area contributed by atoms with Crippen molar-refractivity contribution in [2.24, 2.45) is 5.73 Å². The molecule has 0 atom stereocenters. The smallest absolute Gasteiger partial charge is 0.339 e. The Hall–Kier alpha value is -2.85. The minimum atomic E-state index is -0.528. The lowest BCUT2D eigenvalue weighted by atomic mass is 10.1. The number of hydrogen-bond acceptors (Lipinski definition) is 5. The van der Waals surface area contributed by atoms with Gasteiger partial charge in [-0.05, 0) is 31.2 Å². The van der Waals surface area contributed by atoms with Crippen molar-refractivity contribution in [1.29, 1.82) is 0 Å². The highest BCUT2D eigenvalue weighted by Gasteiger charge is 2.12. The van der Waals surface area contributed by atoms with Gasteiger partial charge in [0.1, 0.15) is 0 Å². The lowest BCUT2D eigenvalue weighted by Crippen LogP contribution is -2.19. The highest BCUT2D eigenvalue weighted by atomic mass is 16.5. The molecule has 0 spiro atoms. The van der Waals surface area contributed by atoms with E-state index in [1.54, 1.807) is 12.1 Å². The first-order chi connectivity index (χ1) is 11.5. The number of ether oxygens (including phenoxy) is 1. The molecule has 0 heterocycles. The molecule has 0 saturated carbocycles. The zero-order valence-corrected chi connectivity index (χ0v) is 13.8. The van der Waals surface area contributed by atoms with Gasteiger partial charge in [-0.3, -0.25) is 9.59 Å². The molecule has 2 amide bonds. The number of amides is 2. The van der Waals surface area contributed by atoms with Gasteiger partial charge in [-0.1, -0.05) is 11.8 Å². The molecule has 0 aliphatic carbocycles. The highest BCUT2D eigenvalue weighted by molar-refractivity contribution is 5.95. The molecule has 0 aromatic heterocycles. The van der Waals surface area contributed by atoms with E-state index >= 15 is 0 Å². The fourth-order valence-electron chi connectivity index (χ4n) is 1.81. The third-order valence-electron chi connectivity index (χ3n) is 2.97. The maximum absolute atomic E-state index is 11.8. The Morgan fingerprint density at radius 3 is 2.67 bits per heavy atom. The summed E-state index contributed by atoms with van der Waals surface area (Å²) in [5, 5.41) is 5.26. The molecule has 0 aliphatic heterocycles. The Labute approximate surface area is 140 Å². The monoisotopic (exact) mass is 331 g/mol. The molecule has 1 aromatic carbocycles. The minimum absolute atomic E-state index is 0.156. The number of rotatable bonds is 6. The molecule has 7 heteroatoms. The first-order valence-electron chi connectivity index (χ1n) is 7.43. The molecular weight excluding hydrogens is 310 g/mol. The molecule has 0 fully saturated rings. The fourth-order valence-corrected chi connectivity index (χ4v) is 1.81. The maximum atomic E-state index is 11.8. The van der Waals surface area contributed by atoms with Gasteiger partial charge in [0.05, 0.1) is 19.2 Å². The van der Waals surface area contributed by atoms with E-state index < -0.39 is 5.97 Å². The van der Waals surface area contributed by atoms with Crippen molar-refractivity contribution in [2.75, 3.05) is 25.5 Å². The number of nitrogens with two attached hydrogens (primary N) is 1. The number of anilines is 1. The third kappa shape index (κ3) is 6.50. The van der Waals surface area contributed by atoms with Gasteiger partial charge in [0, 0.05) is 24.6 Å². The van der Waals surface area contributed by atoms with Gasteiger partial charge in [0.15, 0.2) is 0 Å². The van der Waals surface area contributed by atoms with Gasteiger partial charge >= 0.3 is 5.97 Å². The van der Waals surface area contributed by atoms with Crippen LogP contribution in [0.15, 0.2) is 18.2 Å². The van der Waals surface area contributed by atoms with Crippen LogP contribution in [0.4, 0.5) is 5.69 Å². The fraction of sp³-hybridized carbons (Fsp3) is 0.353. The van der Waals surface area contributed by atoms with Crippen LogP contribution in [0.25, 0.3) is 0 Å². The van der Waals surface area contributed by atoms with Gasteiger partial charge in [-0.15, -0.1) is 0 Å². The second-order valence-corrected chi connectivity index (χ2v) is 4.90. The normalized spacial score (nSPS) is 9.46. The molecule has 0 radical (unpaired) electrons. The van der Waals surface area contributed by atoms with Crippen molar-refractivity contribution in [3.63, 3.8) is 0 Å². The highest BCUT2D eigenvalue weighted by Crippen LogP contribution is 2.16. The van der Waals surface area contributed by atoms with Crippen molar-refractivity contribution >= 4 is 23.5 Å². The predicted octanol–water partition coefficient (Wildman–Crippen LogP) is 0.638. The third-order valence-corrected chi connectivity index (χ3v) is 2.97. The van der Waals surface area contributed by atoms with Gasteiger partial charge in [-0.25, -0.2) is 4.79 Å². The summed E-state index contributed by atoms with van der Waals surface area (Å²) in [6, 6.07) is 4.73. The van der Waals surface area contributed by atoms with Crippen LogP contribution >= 0.6 is 0 Å². The summed E-state index contributed by atoms with van der Waals surface area (Å²) in [6.45, 7) is 1.98.